The average Bonchev–Trinajstić information content (AvgIpc) is 3.45. The van der Waals surface area contributed by atoms with E-state index in [1.54, 1.807) is 0 Å². The highest BCUT2D eigenvalue weighted by Crippen LogP contribution is 2.13. The molecule has 0 saturated carbocycles. The zero-order valence-electron chi connectivity index (χ0n) is 18.3. The molecular weight excluding hydrogens is 380 g/mol. The van der Waals surface area contributed by atoms with E-state index in [1.165, 1.54) is 11.1 Å². The highest BCUT2D eigenvalue weighted by atomic mass is 16.5. The van der Waals surface area contributed by atoms with Crippen molar-refractivity contribution >= 4 is 0 Å². The summed E-state index contributed by atoms with van der Waals surface area (Å²) in [7, 11) is 0. The van der Waals surface area contributed by atoms with Crippen LogP contribution in [0.2, 0.25) is 0 Å². The molecule has 1 saturated heterocycles. The van der Waals surface area contributed by atoms with Crippen molar-refractivity contribution in [3.8, 4) is 0 Å². The first kappa shape index (κ1) is 23.4. The SMILES string of the molecule is C1=CCC(CN2CCOCCOCCN(CC3=CC=CC3)CCOCCOCC2)=C1. The first-order valence-electron chi connectivity index (χ1n) is 11.3. The third-order valence-corrected chi connectivity index (χ3v) is 5.50. The lowest BCUT2D eigenvalue weighted by Gasteiger charge is -2.24. The van der Waals surface area contributed by atoms with Crippen molar-refractivity contribution in [2.24, 2.45) is 0 Å². The minimum Gasteiger partial charge on any atom is -0.378 e. The Morgan fingerprint density at radius 3 is 1.20 bits per heavy atom. The van der Waals surface area contributed by atoms with Gasteiger partial charge in [0.15, 0.2) is 0 Å². The Balaban J connectivity index is 1.39. The Morgan fingerprint density at radius 1 is 0.533 bits per heavy atom. The summed E-state index contributed by atoms with van der Waals surface area (Å²) in [5.74, 6) is 0. The smallest absolute Gasteiger partial charge is 0.0701 e. The molecule has 0 aromatic heterocycles. The van der Waals surface area contributed by atoms with Crippen molar-refractivity contribution in [3.63, 3.8) is 0 Å². The molecule has 0 radical (unpaired) electrons. The standard InChI is InChI=1S/C24H38N2O4/c1-2-6-23(5-1)21-25-9-13-27-17-19-29-15-11-26(22-24-7-3-4-8-24)12-16-30-20-18-28-14-10-25/h1-5,7H,6,8-22H2. The summed E-state index contributed by atoms with van der Waals surface area (Å²) in [6, 6.07) is 0. The van der Waals surface area contributed by atoms with Crippen molar-refractivity contribution < 1.29 is 18.9 Å². The summed E-state index contributed by atoms with van der Waals surface area (Å²) < 4.78 is 23.3. The maximum atomic E-state index is 5.81. The van der Waals surface area contributed by atoms with Crippen molar-refractivity contribution in [3.05, 3.63) is 47.6 Å². The Kier molecular flexibility index (Phi) is 11.4. The minimum absolute atomic E-state index is 0.646. The third-order valence-electron chi connectivity index (χ3n) is 5.50. The van der Waals surface area contributed by atoms with Crippen molar-refractivity contribution in [2.45, 2.75) is 12.8 Å². The molecule has 1 fully saturated rings. The van der Waals surface area contributed by atoms with Crippen LogP contribution in [0, 0.1) is 0 Å². The quantitative estimate of drug-likeness (QED) is 0.699. The fourth-order valence-electron chi connectivity index (χ4n) is 3.75. The van der Waals surface area contributed by atoms with Gasteiger partial charge in [0.05, 0.1) is 52.9 Å². The van der Waals surface area contributed by atoms with Crippen LogP contribution in [0.3, 0.4) is 0 Å². The molecule has 0 unspecified atom stereocenters. The van der Waals surface area contributed by atoms with E-state index in [9.17, 15) is 0 Å². The molecule has 0 spiro atoms. The Labute approximate surface area is 181 Å². The number of ether oxygens (including phenoxy) is 4. The van der Waals surface area contributed by atoms with Crippen molar-refractivity contribution in [2.75, 3.05) is 92.1 Å². The van der Waals surface area contributed by atoms with Gasteiger partial charge in [-0.3, -0.25) is 9.80 Å². The molecule has 2 aliphatic carbocycles. The predicted octanol–water partition coefficient (Wildman–Crippen LogP) is 2.44. The Morgan fingerprint density at radius 2 is 0.900 bits per heavy atom. The maximum Gasteiger partial charge on any atom is 0.0701 e. The summed E-state index contributed by atoms with van der Waals surface area (Å²) in [4.78, 5) is 4.82. The molecule has 0 aromatic rings. The van der Waals surface area contributed by atoms with Gasteiger partial charge in [-0.1, -0.05) is 47.6 Å². The van der Waals surface area contributed by atoms with Crippen LogP contribution in [0.15, 0.2) is 47.6 Å². The van der Waals surface area contributed by atoms with E-state index in [0.29, 0.717) is 26.4 Å². The third kappa shape index (κ3) is 9.69. The molecule has 3 aliphatic rings. The first-order chi connectivity index (χ1) is 14.9. The van der Waals surface area contributed by atoms with E-state index >= 15 is 0 Å². The van der Waals surface area contributed by atoms with E-state index < -0.39 is 0 Å². The topological polar surface area (TPSA) is 43.4 Å². The molecule has 3 rings (SSSR count). The highest BCUT2D eigenvalue weighted by Gasteiger charge is 2.11. The second-order valence-electron chi connectivity index (χ2n) is 7.92. The van der Waals surface area contributed by atoms with Gasteiger partial charge >= 0.3 is 0 Å². The fourth-order valence-corrected chi connectivity index (χ4v) is 3.75. The van der Waals surface area contributed by atoms with Gasteiger partial charge < -0.3 is 18.9 Å². The van der Waals surface area contributed by atoms with Gasteiger partial charge in [0, 0.05) is 39.3 Å². The summed E-state index contributed by atoms with van der Waals surface area (Å²) in [5, 5.41) is 0. The lowest BCUT2D eigenvalue weighted by Crippen LogP contribution is -2.34. The molecule has 0 aromatic carbocycles. The summed E-state index contributed by atoms with van der Waals surface area (Å²) in [5.41, 5.74) is 2.91. The van der Waals surface area contributed by atoms with Gasteiger partial charge in [0.1, 0.15) is 0 Å². The Bertz CT molecular complexity index is 528. The molecule has 6 heteroatoms. The second-order valence-corrected chi connectivity index (χ2v) is 7.92. The zero-order valence-corrected chi connectivity index (χ0v) is 18.3. The van der Waals surface area contributed by atoms with Crippen LogP contribution < -0.4 is 0 Å². The summed E-state index contributed by atoms with van der Waals surface area (Å²) >= 11 is 0. The van der Waals surface area contributed by atoms with E-state index in [4.69, 9.17) is 18.9 Å². The number of hydrogen-bond donors (Lipinski definition) is 0. The molecule has 6 nitrogen and oxygen atoms in total. The fraction of sp³-hybridized carbons (Fsp3) is 0.667. The Hall–Kier alpha value is -1.28. The normalized spacial score (nSPS) is 24.4. The van der Waals surface area contributed by atoms with Crippen molar-refractivity contribution in [1.82, 2.24) is 9.80 Å². The number of hydrogen-bond acceptors (Lipinski definition) is 6. The largest absolute Gasteiger partial charge is 0.378 e. The first-order valence-corrected chi connectivity index (χ1v) is 11.3. The lowest BCUT2D eigenvalue weighted by atomic mass is 10.2. The van der Waals surface area contributed by atoms with E-state index in [0.717, 1.165) is 78.5 Å². The second kappa shape index (κ2) is 14.7. The lowest BCUT2D eigenvalue weighted by molar-refractivity contribution is 0.0100. The number of rotatable bonds is 4. The number of nitrogens with zero attached hydrogens (tertiary/aromatic N) is 2. The molecule has 0 N–H and O–H groups in total. The van der Waals surface area contributed by atoms with Crippen LogP contribution in [-0.4, -0.2) is 102 Å². The van der Waals surface area contributed by atoms with Gasteiger partial charge in [-0.05, 0) is 12.8 Å². The minimum atomic E-state index is 0.646. The summed E-state index contributed by atoms with van der Waals surface area (Å²) in [6.45, 7) is 11.1. The zero-order chi connectivity index (χ0) is 20.7. The van der Waals surface area contributed by atoms with Gasteiger partial charge in [0.25, 0.3) is 0 Å². The van der Waals surface area contributed by atoms with Crippen LogP contribution in [0.5, 0.6) is 0 Å². The van der Waals surface area contributed by atoms with E-state index in [1.807, 2.05) is 0 Å². The molecule has 0 atom stereocenters. The molecule has 1 heterocycles. The molecule has 0 amide bonds. The molecular formula is C24H38N2O4. The average molecular weight is 419 g/mol. The van der Waals surface area contributed by atoms with Crippen LogP contribution in [0.25, 0.3) is 0 Å². The monoisotopic (exact) mass is 418 g/mol. The molecule has 0 bridgehead atoms. The van der Waals surface area contributed by atoms with Crippen molar-refractivity contribution in [1.29, 1.82) is 0 Å². The van der Waals surface area contributed by atoms with E-state index in [2.05, 4.69) is 46.3 Å². The highest BCUT2D eigenvalue weighted by molar-refractivity contribution is 5.24. The molecule has 30 heavy (non-hydrogen) atoms. The van der Waals surface area contributed by atoms with Crippen LogP contribution >= 0.6 is 0 Å². The molecule has 168 valence electrons. The van der Waals surface area contributed by atoms with Gasteiger partial charge in [-0.25, -0.2) is 0 Å². The summed E-state index contributed by atoms with van der Waals surface area (Å²) in [6.07, 6.45) is 15.3. The van der Waals surface area contributed by atoms with Crippen LogP contribution in [0.4, 0.5) is 0 Å². The van der Waals surface area contributed by atoms with Crippen LogP contribution in [0.1, 0.15) is 12.8 Å². The van der Waals surface area contributed by atoms with Gasteiger partial charge in [0.2, 0.25) is 0 Å². The van der Waals surface area contributed by atoms with Gasteiger partial charge in [-0.2, -0.15) is 0 Å². The van der Waals surface area contributed by atoms with Crippen LogP contribution in [-0.2, 0) is 18.9 Å². The van der Waals surface area contributed by atoms with Gasteiger partial charge in [-0.15, -0.1) is 0 Å². The van der Waals surface area contributed by atoms with E-state index in [-0.39, 0.29) is 0 Å². The number of allylic oxidation sites excluding steroid dienone is 6. The maximum absolute atomic E-state index is 5.81. The predicted molar refractivity (Wildman–Crippen MR) is 120 cm³/mol. The molecule has 1 aliphatic heterocycles.